The molecule has 0 atom stereocenters. The lowest BCUT2D eigenvalue weighted by Gasteiger charge is -2.07. The second kappa shape index (κ2) is 6.41. The maximum absolute atomic E-state index is 12.7. The zero-order valence-corrected chi connectivity index (χ0v) is 15.8. The van der Waals surface area contributed by atoms with Gasteiger partial charge in [-0.3, -0.25) is 0 Å². The van der Waals surface area contributed by atoms with Gasteiger partial charge in [0.15, 0.2) is 28.2 Å². The molecule has 5 rings (SSSR count). The van der Waals surface area contributed by atoms with Gasteiger partial charge in [-0.1, -0.05) is 12.1 Å². The first-order valence-electron chi connectivity index (χ1n) is 8.90. The van der Waals surface area contributed by atoms with Gasteiger partial charge >= 0.3 is 11.3 Å². The second-order valence-corrected chi connectivity index (χ2v) is 6.53. The molecule has 0 aliphatic heterocycles. The molecule has 3 heterocycles. The number of furan rings is 1. The highest BCUT2D eigenvalue weighted by molar-refractivity contribution is 6.04. The third-order valence-corrected chi connectivity index (χ3v) is 4.93. The van der Waals surface area contributed by atoms with Crippen molar-refractivity contribution >= 4 is 32.9 Å². The van der Waals surface area contributed by atoms with Crippen LogP contribution in [0.15, 0.2) is 65.3 Å². The minimum absolute atomic E-state index is 0.0245. The molecule has 8 heteroatoms. The molecule has 30 heavy (non-hydrogen) atoms. The number of para-hydroxylation sites is 2. The molecule has 1 N–H and O–H groups in total. The summed E-state index contributed by atoms with van der Waals surface area (Å²) in [5.41, 5.74) is -1.17. The van der Waals surface area contributed by atoms with E-state index in [4.69, 9.17) is 22.7 Å². The van der Waals surface area contributed by atoms with Crippen molar-refractivity contribution in [3.05, 3.63) is 63.3 Å². The molecule has 8 nitrogen and oxygen atoms in total. The molecular formula is C22H14O8. The summed E-state index contributed by atoms with van der Waals surface area (Å²) in [6, 6.07) is 11.3. The smallest absolute Gasteiger partial charge is 0.351 e. The summed E-state index contributed by atoms with van der Waals surface area (Å²) in [7, 11) is 2.89. The molecule has 2 aromatic carbocycles. The zero-order chi connectivity index (χ0) is 21.0. The van der Waals surface area contributed by atoms with Gasteiger partial charge in [0, 0.05) is 6.07 Å². The van der Waals surface area contributed by atoms with E-state index >= 15 is 0 Å². The van der Waals surface area contributed by atoms with E-state index in [-0.39, 0.29) is 44.6 Å². The molecule has 0 fully saturated rings. The number of methoxy groups -OCH3 is 2. The van der Waals surface area contributed by atoms with Crippen molar-refractivity contribution in [2.24, 2.45) is 0 Å². The van der Waals surface area contributed by atoms with Crippen LogP contribution in [0.2, 0.25) is 0 Å². The van der Waals surface area contributed by atoms with Crippen LogP contribution < -0.4 is 20.7 Å². The average molecular weight is 406 g/mol. The highest BCUT2D eigenvalue weighted by atomic mass is 16.5. The van der Waals surface area contributed by atoms with Crippen LogP contribution in [0.25, 0.3) is 44.2 Å². The Bertz CT molecular complexity index is 1570. The fraction of sp³-hybridized carbons (Fsp3) is 0.0909. The van der Waals surface area contributed by atoms with Gasteiger partial charge in [0.1, 0.15) is 22.5 Å². The van der Waals surface area contributed by atoms with E-state index in [2.05, 4.69) is 0 Å². The molecule has 0 saturated carbocycles. The summed E-state index contributed by atoms with van der Waals surface area (Å²) < 4.78 is 27.0. The van der Waals surface area contributed by atoms with Crippen molar-refractivity contribution in [3.63, 3.8) is 0 Å². The van der Waals surface area contributed by atoms with Crippen LogP contribution in [0.3, 0.4) is 0 Å². The SMILES string of the molecule is COc1cccc2c(O)c(-c3cc4c(=O)oc5c(OC)cccc5c4o3)c(=O)oc12. The highest BCUT2D eigenvalue weighted by Gasteiger charge is 2.23. The van der Waals surface area contributed by atoms with Crippen molar-refractivity contribution < 1.29 is 27.8 Å². The summed E-state index contributed by atoms with van der Waals surface area (Å²) >= 11 is 0. The molecule has 3 aromatic heterocycles. The average Bonchev–Trinajstić information content (AvgIpc) is 3.19. The Balaban J connectivity index is 1.86. The number of fused-ring (bicyclic) bond motifs is 4. The zero-order valence-electron chi connectivity index (χ0n) is 15.8. The van der Waals surface area contributed by atoms with Gasteiger partial charge in [-0.15, -0.1) is 0 Å². The molecular weight excluding hydrogens is 392 g/mol. The van der Waals surface area contributed by atoms with Crippen LogP contribution in [0.1, 0.15) is 0 Å². The molecule has 0 amide bonds. The van der Waals surface area contributed by atoms with Crippen LogP contribution in [-0.2, 0) is 0 Å². The molecule has 0 radical (unpaired) electrons. The number of benzene rings is 2. The number of hydrogen-bond donors (Lipinski definition) is 1. The highest BCUT2D eigenvalue weighted by Crippen LogP contribution is 2.39. The molecule has 0 spiro atoms. The van der Waals surface area contributed by atoms with E-state index in [0.29, 0.717) is 16.9 Å². The summed E-state index contributed by atoms with van der Waals surface area (Å²) in [5, 5.41) is 11.7. The van der Waals surface area contributed by atoms with Gasteiger partial charge in [0.2, 0.25) is 0 Å². The Labute approximate surface area is 167 Å². The van der Waals surface area contributed by atoms with Crippen LogP contribution in [0.4, 0.5) is 0 Å². The lowest BCUT2D eigenvalue weighted by molar-refractivity contribution is 0.404. The number of ether oxygens (including phenoxy) is 2. The van der Waals surface area contributed by atoms with Crippen LogP contribution in [0, 0.1) is 0 Å². The van der Waals surface area contributed by atoms with Crippen molar-refractivity contribution in [3.8, 4) is 28.6 Å². The lowest BCUT2D eigenvalue weighted by atomic mass is 10.1. The minimum Gasteiger partial charge on any atom is -0.506 e. The van der Waals surface area contributed by atoms with Crippen LogP contribution in [0.5, 0.6) is 17.2 Å². The first-order valence-corrected chi connectivity index (χ1v) is 8.90. The van der Waals surface area contributed by atoms with Crippen molar-refractivity contribution in [1.29, 1.82) is 0 Å². The van der Waals surface area contributed by atoms with Crippen molar-refractivity contribution in [2.45, 2.75) is 0 Å². The van der Waals surface area contributed by atoms with Gasteiger partial charge in [0.05, 0.1) is 25.0 Å². The van der Waals surface area contributed by atoms with Crippen LogP contribution in [-0.4, -0.2) is 19.3 Å². The van der Waals surface area contributed by atoms with E-state index in [1.165, 1.54) is 20.3 Å². The Kier molecular flexibility index (Phi) is 3.82. The Morgan fingerprint density at radius 3 is 2.00 bits per heavy atom. The second-order valence-electron chi connectivity index (χ2n) is 6.53. The predicted molar refractivity (Wildman–Crippen MR) is 109 cm³/mol. The van der Waals surface area contributed by atoms with E-state index in [0.717, 1.165) is 0 Å². The number of rotatable bonds is 3. The summed E-state index contributed by atoms with van der Waals surface area (Å²) in [5.74, 6) is 0.300. The fourth-order valence-electron chi connectivity index (χ4n) is 3.53. The molecule has 0 saturated heterocycles. The predicted octanol–water partition coefficient (Wildman–Crippen LogP) is 4.04. The first kappa shape index (κ1) is 17.9. The standard InChI is InChI=1S/C22H14O8/c1-26-13-7-3-5-10-17(23)16(22(25)30-19(10)13)15-9-12-18(28-15)11-6-4-8-14(27-2)20(11)29-21(12)24/h3-9,23H,1-2H3. The lowest BCUT2D eigenvalue weighted by Crippen LogP contribution is -2.03. The van der Waals surface area contributed by atoms with E-state index < -0.39 is 11.3 Å². The van der Waals surface area contributed by atoms with E-state index in [1.807, 2.05) is 0 Å². The quantitative estimate of drug-likeness (QED) is 0.447. The van der Waals surface area contributed by atoms with Crippen molar-refractivity contribution in [1.82, 2.24) is 0 Å². The third kappa shape index (κ3) is 2.40. The first-order chi connectivity index (χ1) is 14.5. The number of hydrogen-bond acceptors (Lipinski definition) is 8. The summed E-state index contributed by atoms with van der Waals surface area (Å²) in [6.45, 7) is 0. The van der Waals surface area contributed by atoms with Crippen molar-refractivity contribution in [2.75, 3.05) is 14.2 Å². The largest absolute Gasteiger partial charge is 0.506 e. The van der Waals surface area contributed by atoms with Gasteiger partial charge in [-0.2, -0.15) is 0 Å². The monoisotopic (exact) mass is 406 g/mol. The van der Waals surface area contributed by atoms with Gasteiger partial charge in [-0.25, -0.2) is 9.59 Å². The maximum atomic E-state index is 12.7. The maximum Gasteiger partial charge on any atom is 0.351 e. The molecule has 0 bridgehead atoms. The fourth-order valence-corrected chi connectivity index (χ4v) is 3.53. The number of aromatic hydroxyl groups is 1. The molecule has 5 aromatic rings. The van der Waals surface area contributed by atoms with E-state index in [9.17, 15) is 14.7 Å². The normalized spacial score (nSPS) is 11.4. The molecule has 0 aliphatic carbocycles. The Morgan fingerprint density at radius 2 is 1.33 bits per heavy atom. The van der Waals surface area contributed by atoms with Gasteiger partial charge < -0.3 is 27.8 Å². The van der Waals surface area contributed by atoms with Gasteiger partial charge in [-0.05, 0) is 24.3 Å². The van der Waals surface area contributed by atoms with E-state index in [1.54, 1.807) is 36.4 Å². The van der Waals surface area contributed by atoms with Crippen LogP contribution >= 0.6 is 0 Å². The molecule has 0 unspecified atom stereocenters. The molecule has 150 valence electrons. The third-order valence-electron chi connectivity index (χ3n) is 4.93. The Morgan fingerprint density at radius 1 is 0.733 bits per heavy atom. The van der Waals surface area contributed by atoms with Gasteiger partial charge in [0.25, 0.3) is 0 Å². The summed E-state index contributed by atoms with van der Waals surface area (Å²) in [4.78, 5) is 25.2. The Hall–Kier alpha value is -4.20. The minimum atomic E-state index is -0.838. The molecule has 0 aliphatic rings. The summed E-state index contributed by atoms with van der Waals surface area (Å²) in [6.07, 6.45) is 0. The topological polar surface area (TPSA) is 112 Å².